The highest BCUT2D eigenvalue weighted by Gasteiger charge is 2.33. The third-order valence-electron chi connectivity index (χ3n) is 3.89. The summed E-state index contributed by atoms with van der Waals surface area (Å²) in [6.45, 7) is 1.92. The van der Waals surface area contributed by atoms with Crippen LogP contribution in [0, 0.1) is 0 Å². The molecule has 0 aliphatic carbocycles. The summed E-state index contributed by atoms with van der Waals surface area (Å²) in [7, 11) is 3.95. The van der Waals surface area contributed by atoms with Crippen molar-refractivity contribution in [1.29, 1.82) is 0 Å². The summed E-state index contributed by atoms with van der Waals surface area (Å²) < 4.78 is 0. The lowest BCUT2D eigenvalue weighted by atomic mass is 9.87. The van der Waals surface area contributed by atoms with Gasteiger partial charge in [0.15, 0.2) is 0 Å². The second kappa shape index (κ2) is 6.62. The summed E-state index contributed by atoms with van der Waals surface area (Å²) in [6.07, 6.45) is 0.526. The molecule has 1 atom stereocenters. The van der Waals surface area contributed by atoms with Crippen molar-refractivity contribution in [3.05, 3.63) is 60.2 Å². The van der Waals surface area contributed by atoms with Gasteiger partial charge in [-0.15, -0.1) is 0 Å². The molecule has 1 amide bonds. The minimum Gasteiger partial charge on any atom is -0.378 e. The Morgan fingerprint density at radius 3 is 2.18 bits per heavy atom. The fourth-order valence-electron chi connectivity index (χ4n) is 2.32. The normalized spacial score (nSPS) is 13.3. The van der Waals surface area contributed by atoms with E-state index in [0.29, 0.717) is 6.42 Å². The standard InChI is InChI=1S/C18H23N3O/c1-4-18(19,14-8-6-5-7-9-14)17(22)20-15-10-12-16(13-11-15)21(2)3/h5-13H,4,19H2,1-3H3,(H,20,22). The molecule has 22 heavy (non-hydrogen) atoms. The van der Waals surface area contributed by atoms with E-state index in [-0.39, 0.29) is 5.91 Å². The first-order chi connectivity index (χ1) is 10.5. The molecule has 4 nitrogen and oxygen atoms in total. The Hall–Kier alpha value is -2.33. The number of nitrogens with two attached hydrogens (primary N) is 1. The molecule has 116 valence electrons. The summed E-state index contributed by atoms with van der Waals surface area (Å²) in [5, 5.41) is 2.92. The highest BCUT2D eigenvalue weighted by atomic mass is 16.2. The van der Waals surface area contributed by atoms with Crippen molar-refractivity contribution in [2.24, 2.45) is 5.73 Å². The molecule has 0 aliphatic rings. The van der Waals surface area contributed by atoms with Crippen LogP contribution in [0.25, 0.3) is 0 Å². The van der Waals surface area contributed by atoms with Crippen LogP contribution in [0.15, 0.2) is 54.6 Å². The molecule has 0 fully saturated rings. The van der Waals surface area contributed by atoms with Crippen LogP contribution in [0.1, 0.15) is 18.9 Å². The van der Waals surface area contributed by atoms with E-state index in [2.05, 4.69) is 5.32 Å². The molecule has 0 bridgehead atoms. The number of carbonyl (C=O) groups excluding carboxylic acids is 1. The molecule has 1 unspecified atom stereocenters. The lowest BCUT2D eigenvalue weighted by Crippen LogP contribution is -2.47. The Balaban J connectivity index is 2.19. The molecule has 2 rings (SSSR count). The largest absolute Gasteiger partial charge is 0.378 e. The molecular formula is C18H23N3O. The summed E-state index contributed by atoms with van der Waals surface area (Å²) in [5.74, 6) is -0.196. The summed E-state index contributed by atoms with van der Waals surface area (Å²) >= 11 is 0. The van der Waals surface area contributed by atoms with Crippen LogP contribution in [-0.2, 0) is 10.3 Å². The molecular weight excluding hydrogens is 274 g/mol. The van der Waals surface area contributed by atoms with Crippen molar-refractivity contribution in [2.75, 3.05) is 24.3 Å². The van der Waals surface area contributed by atoms with Gasteiger partial charge in [0, 0.05) is 25.5 Å². The van der Waals surface area contributed by atoms with Crippen LogP contribution in [-0.4, -0.2) is 20.0 Å². The number of carbonyl (C=O) groups is 1. The van der Waals surface area contributed by atoms with Crippen LogP contribution in [0.2, 0.25) is 0 Å². The van der Waals surface area contributed by atoms with E-state index in [4.69, 9.17) is 5.73 Å². The van der Waals surface area contributed by atoms with Crippen LogP contribution in [0.5, 0.6) is 0 Å². The van der Waals surface area contributed by atoms with Gasteiger partial charge in [0.25, 0.3) is 0 Å². The molecule has 0 aromatic heterocycles. The Kier molecular flexibility index (Phi) is 4.83. The number of hydrogen-bond donors (Lipinski definition) is 2. The van der Waals surface area contributed by atoms with Gasteiger partial charge in [-0.1, -0.05) is 37.3 Å². The van der Waals surface area contributed by atoms with Crippen molar-refractivity contribution in [3.63, 3.8) is 0 Å². The first-order valence-corrected chi connectivity index (χ1v) is 7.40. The minimum absolute atomic E-state index is 0.196. The van der Waals surface area contributed by atoms with Gasteiger partial charge in [0.1, 0.15) is 5.54 Å². The number of anilines is 2. The first-order valence-electron chi connectivity index (χ1n) is 7.40. The predicted molar refractivity (Wildman–Crippen MR) is 92.0 cm³/mol. The third-order valence-corrected chi connectivity index (χ3v) is 3.89. The number of nitrogens with zero attached hydrogens (tertiary/aromatic N) is 1. The maximum absolute atomic E-state index is 12.6. The minimum atomic E-state index is -1.03. The van der Waals surface area contributed by atoms with Crippen molar-refractivity contribution in [3.8, 4) is 0 Å². The van der Waals surface area contributed by atoms with Gasteiger partial charge in [-0.3, -0.25) is 4.79 Å². The second-order valence-corrected chi connectivity index (χ2v) is 5.59. The summed E-state index contributed by atoms with van der Waals surface area (Å²) in [4.78, 5) is 14.6. The van der Waals surface area contributed by atoms with E-state index in [1.807, 2.05) is 80.5 Å². The zero-order valence-corrected chi connectivity index (χ0v) is 13.3. The Morgan fingerprint density at radius 1 is 1.09 bits per heavy atom. The van der Waals surface area contributed by atoms with E-state index >= 15 is 0 Å². The van der Waals surface area contributed by atoms with E-state index in [0.717, 1.165) is 16.9 Å². The highest BCUT2D eigenvalue weighted by Crippen LogP contribution is 2.24. The zero-order valence-electron chi connectivity index (χ0n) is 13.3. The summed E-state index contributed by atoms with van der Waals surface area (Å²) in [6, 6.07) is 17.2. The summed E-state index contributed by atoms with van der Waals surface area (Å²) in [5.41, 5.74) is 7.99. The SMILES string of the molecule is CCC(N)(C(=O)Nc1ccc(N(C)C)cc1)c1ccccc1. The van der Waals surface area contributed by atoms with Gasteiger partial charge in [0.05, 0.1) is 0 Å². The monoisotopic (exact) mass is 297 g/mol. The van der Waals surface area contributed by atoms with Gasteiger partial charge in [0.2, 0.25) is 5.91 Å². The van der Waals surface area contributed by atoms with Crippen LogP contribution in [0.3, 0.4) is 0 Å². The molecule has 2 aromatic carbocycles. The Bertz CT molecular complexity index is 623. The molecule has 0 radical (unpaired) electrons. The molecule has 3 N–H and O–H groups in total. The number of rotatable bonds is 5. The zero-order chi connectivity index (χ0) is 16.2. The molecule has 4 heteroatoms. The number of hydrogen-bond acceptors (Lipinski definition) is 3. The van der Waals surface area contributed by atoms with Crippen molar-refractivity contribution in [1.82, 2.24) is 0 Å². The second-order valence-electron chi connectivity index (χ2n) is 5.59. The van der Waals surface area contributed by atoms with Crippen molar-refractivity contribution < 1.29 is 4.79 Å². The number of amides is 1. The Morgan fingerprint density at radius 2 is 1.68 bits per heavy atom. The van der Waals surface area contributed by atoms with Crippen LogP contribution < -0.4 is 16.0 Å². The van der Waals surface area contributed by atoms with Gasteiger partial charge in [-0.2, -0.15) is 0 Å². The van der Waals surface area contributed by atoms with E-state index in [1.54, 1.807) is 0 Å². The van der Waals surface area contributed by atoms with Gasteiger partial charge >= 0.3 is 0 Å². The molecule has 2 aromatic rings. The fraction of sp³-hybridized carbons (Fsp3) is 0.278. The topological polar surface area (TPSA) is 58.4 Å². The third kappa shape index (κ3) is 3.28. The molecule has 0 heterocycles. The molecule has 0 spiro atoms. The van der Waals surface area contributed by atoms with E-state index in [1.165, 1.54) is 0 Å². The van der Waals surface area contributed by atoms with Gasteiger partial charge in [-0.05, 0) is 36.2 Å². The van der Waals surface area contributed by atoms with E-state index in [9.17, 15) is 4.79 Å². The number of benzene rings is 2. The fourth-order valence-corrected chi connectivity index (χ4v) is 2.32. The molecule has 0 saturated heterocycles. The van der Waals surface area contributed by atoms with Crippen LogP contribution >= 0.6 is 0 Å². The lowest BCUT2D eigenvalue weighted by molar-refractivity contribution is -0.121. The van der Waals surface area contributed by atoms with E-state index < -0.39 is 5.54 Å². The van der Waals surface area contributed by atoms with Gasteiger partial charge < -0.3 is 16.0 Å². The van der Waals surface area contributed by atoms with Gasteiger partial charge in [-0.25, -0.2) is 0 Å². The van der Waals surface area contributed by atoms with Crippen LogP contribution in [0.4, 0.5) is 11.4 Å². The van der Waals surface area contributed by atoms with Crippen molar-refractivity contribution in [2.45, 2.75) is 18.9 Å². The first kappa shape index (κ1) is 16.0. The quantitative estimate of drug-likeness (QED) is 0.892. The maximum atomic E-state index is 12.6. The highest BCUT2D eigenvalue weighted by molar-refractivity contribution is 5.98. The maximum Gasteiger partial charge on any atom is 0.249 e. The smallest absolute Gasteiger partial charge is 0.249 e. The Labute approximate surface area is 131 Å². The average Bonchev–Trinajstić information content (AvgIpc) is 2.55. The average molecular weight is 297 g/mol. The molecule has 0 aliphatic heterocycles. The van der Waals surface area contributed by atoms with Crippen molar-refractivity contribution >= 4 is 17.3 Å². The lowest BCUT2D eigenvalue weighted by Gasteiger charge is -2.27. The number of nitrogens with one attached hydrogen (secondary N) is 1. The predicted octanol–water partition coefficient (Wildman–Crippen LogP) is 2.96. The molecule has 0 saturated carbocycles.